The van der Waals surface area contributed by atoms with Crippen molar-refractivity contribution < 1.29 is 9.53 Å². The lowest BCUT2D eigenvalue weighted by atomic mass is 9.86. The summed E-state index contributed by atoms with van der Waals surface area (Å²) in [6.45, 7) is 0.786. The summed E-state index contributed by atoms with van der Waals surface area (Å²) in [5, 5.41) is 8.06. The lowest BCUT2D eigenvalue weighted by Gasteiger charge is -2.29. The largest absolute Gasteiger partial charge is 0.445 e. The molecule has 0 bridgehead atoms. The first kappa shape index (κ1) is 23.1. The van der Waals surface area contributed by atoms with Crippen LogP contribution in [0, 0.1) is 5.92 Å². The Morgan fingerprint density at radius 2 is 1.79 bits per heavy atom. The van der Waals surface area contributed by atoms with Crippen molar-refractivity contribution in [3.05, 3.63) is 59.1 Å². The maximum absolute atomic E-state index is 12.1. The number of carbonyl (C=O) groups excluding carboxylic acids is 1. The van der Waals surface area contributed by atoms with Gasteiger partial charge in [-0.25, -0.2) is 9.78 Å². The highest BCUT2D eigenvalue weighted by Crippen LogP contribution is 2.28. The van der Waals surface area contributed by atoms with Gasteiger partial charge in [0.15, 0.2) is 0 Å². The fraction of sp³-hybridized carbons (Fsp3) is 0.400. The van der Waals surface area contributed by atoms with Gasteiger partial charge in [-0.05, 0) is 49.8 Å². The first-order chi connectivity index (χ1) is 16.0. The Labute approximate surface area is 199 Å². The number of hydrogen-bond donors (Lipinski definition) is 2. The second kappa shape index (κ2) is 10.7. The van der Waals surface area contributed by atoms with E-state index in [9.17, 15) is 4.79 Å². The molecule has 1 heterocycles. The minimum absolute atomic E-state index is 0.170. The number of fused-ring (bicyclic) bond motifs is 1. The first-order valence-electron chi connectivity index (χ1n) is 11.3. The summed E-state index contributed by atoms with van der Waals surface area (Å²) in [4.78, 5) is 23.5. The predicted molar refractivity (Wildman–Crippen MR) is 133 cm³/mol. The average molecular weight is 468 g/mol. The van der Waals surface area contributed by atoms with E-state index in [0.29, 0.717) is 29.5 Å². The zero-order chi connectivity index (χ0) is 23.2. The van der Waals surface area contributed by atoms with Crippen LogP contribution in [0.3, 0.4) is 0 Å². The molecule has 0 aliphatic heterocycles. The second-order valence-corrected chi connectivity index (χ2v) is 9.10. The molecule has 174 valence electrons. The molecule has 33 heavy (non-hydrogen) atoms. The van der Waals surface area contributed by atoms with Crippen molar-refractivity contribution in [1.29, 1.82) is 0 Å². The third-order valence-corrected chi connectivity index (χ3v) is 6.41. The van der Waals surface area contributed by atoms with E-state index in [4.69, 9.17) is 26.3 Å². The van der Waals surface area contributed by atoms with Crippen molar-refractivity contribution in [1.82, 2.24) is 15.3 Å². The predicted octanol–water partition coefficient (Wildman–Crippen LogP) is 5.25. The van der Waals surface area contributed by atoms with Crippen LogP contribution in [-0.4, -0.2) is 42.7 Å². The number of rotatable bonds is 7. The van der Waals surface area contributed by atoms with Gasteiger partial charge in [-0.15, -0.1) is 0 Å². The monoisotopic (exact) mass is 467 g/mol. The van der Waals surface area contributed by atoms with E-state index in [1.165, 1.54) is 0 Å². The Kier molecular flexibility index (Phi) is 7.50. The zero-order valence-corrected chi connectivity index (χ0v) is 19.8. The van der Waals surface area contributed by atoms with Gasteiger partial charge >= 0.3 is 6.09 Å². The van der Waals surface area contributed by atoms with E-state index in [1.807, 2.05) is 61.5 Å². The minimum atomic E-state index is -0.407. The molecule has 8 heteroatoms. The quantitative estimate of drug-likeness (QED) is 0.494. The summed E-state index contributed by atoms with van der Waals surface area (Å²) in [5.41, 5.74) is 1.74. The normalized spacial score (nSPS) is 18.0. The molecule has 2 aromatic carbocycles. The van der Waals surface area contributed by atoms with Crippen molar-refractivity contribution in [3.63, 3.8) is 0 Å². The van der Waals surface area contributed by atoms with E-state index < -0.39 is 6.09 Å². The van der Waals surface area contributed by atoms with Gasteiger partial charge in [0.2, 0.25) is 5.95 Å². The Morgan fingerprint density at radius 1 is 1.06 bits per heavy atom. The molecule has 2 N–H and O–H groups in total. The zero-order valence-electron chi connectivity index (χ0n) is 19.1. The highest BCUT2D eigenvalue weighted by atomic mass is 35.5. The average Bonchev–Trinajstić information content (AvgIpc) is 2.82. The molecule has 0 spiro atoms. The molecule has 0 unspecified atom stereocenters. The Balaban J connectivity index is 1.24. The maximum atomic E-state index is 12.1. The molecule has 1 aromatic heterocycles. The lowest BCUT2D eigenvalue weighted by molar-refractivity contribution is 0.136. The van der Waals surface area contributed by atoms with E-state index in [1.54, 1.807) is 6.07 Å². The van der Waals surface area contributed by atoms with Gasteiger partial charge in [0.25, 0.3) is 0 Å². The molecule has 1 aliphatic carbocycles. The summed E-state index contributed by atoms with van der Waals surface area (Å²) in [6, 6.07) is 15.8. The van der Waals surface area contributed by atoms with E-state index in [0.717, 1.165) is 48.0 Å². The number of benzene rings is 2. The molecule has 3 aromatic rings. The molecular weight excluding hydrogens is 438 g/mol. The van der Waals surface area contributed by atoms with Crippen LogP contribution in [0.25, 0.3) is 10.9 Å². The van der Waals surface area contributed by atoms with E-state index >= 15 is 0 Å². The van der Waals surface area contributed by atoms with Crippen LogP contribution in [0.15, 0.2) is 48.5 Å². The number of ether oxygens (including phenoxy) is 1. The number of aromatic nitrogens is 2. The smallest absolute Gasteiger partial charge is 0.407 e. The van der Waals surface area contributed by atoms with Gasteiger partial charge in [0, 0.05) is 42.7 Å². The van der Waals surface area contributed by atoms with Gasteiger partial charge < -0.3 is 20.3 Å². The van der Waals surface area contributed by atoms with Gasteiger partial charge in [-0.1, -0.05) is 41.9 Å². The molecule has 0 atom stereocenters. The van der Waals surface area contributed by atoms with Crippen LogP contribution in [0.5, 0.6) is 0 Å². The van der Waals surface area contributed by atoms with Crippen molar-refractivity contribution in [3.8, 4) is 0 Å². The topological polar surface area (TPSA) is 79.4 Å². The maximum Gasteiger partial charge on any atom is 0.407 e. The second-order valence-electron chi connectivity index (χ2n) is 8.69. The fourth-order valence-electron chi connectivity index (χ4n) is 4.20. The molecule has 7 nitrogen and oxygen atoms in total. The lowest BCUT2D eigenvalue weighted by Crippen LogP contribution is -2.34. The van der Waals surface area contributed by atoms with Crippen LogP contribution in [0.1, 0.15) is 31.2 Å². The van der Waals surface area contributed by atoms with Crippen LogP contribution in [0.4, 0.5) is 16.6 Å². The Hall–Kier alpha value is -3.06. The highest BCUT2D eigenvalue weighted by molar-refractivity contribution is 6.31. The van der Waals surface area contributed by atoms with Crippen molar-refractivity contribution in [2.24, 2.45) is 5.92 Å². The molecule has 1 amide bonds. The minimum Gasteiger partial charge on any atom is -0.445 e. The van der Waals surface area contributed by atoms with Gasteiger partial charge in [0.1, 0.15) is 12.4 Å². The molecule has 1 saturated carbocycles. The molecule has 1 aliphatic rings. The number of halogens is 1. The summed E-state index contributed by atoms with van der Waals surface area (Å²) >= 11 is 6.10. The Bertz CT molecular complexity index is 1100. The number of anilines is 2. The van der Waals surface area contributed by atoms with Crippen molar-refractivity contribution in [2.75, 3.05) is 30.9 Å². The number of para-hydroxylation sites is 1. The van der Waals surface area contributed by atoms with Crippen LogP contribution < -0.4 is 15.5 Å². The Morgan fingerprint density at radius 3 is 2.55 bits per heavy atom. The number of amides is 1. The van der Waals surface area contributed by atoms with Crippen LogP contribution in [-0.2, 0) is 11.3 Å². The molecule has 0 radical (unpaired) electrons. The SMILES string of the molecule is CN(C)c1nc(N[C@H]2CC[C@@H](CNC(=O)OCc3ccccc3Cl)CC2)nc2ccccc12. The molecule has 4 rings (SSSR count). The van der Waals surface area contributed by atoms with Crippen LogP contribution in [0.2, 0.25) is 5.02 Å². The van der Waals surface area contributed by atoms with Gasteiger partial charge in [-0.2, -0.15) is 4.98 Å². The highest BCUT2D eigenvalue weighted by Gasteiger charge is 2.23. The standard InChI is InChI=1S/C25H30ClN5O2/c1-31(2)23-20-8-4-6-10-22(20)29-24(30-23)28-19-13-11-17(12-14-19)15-27-25(32)33-16-18-7-3-5-9-21(18)26/h3-10,17,19H,11-16H2,1-2H3,(H,27,32)(H,28,29,30)/t17-,19+. The number of nitrogens with zero attached hydrogens (tertiary/aromatic N) is 3. The number of nitrogens with one attached hydrogen (secondary N) is 2. The van der Waals surface area contributed by atoms with Gasteiger partial charge in [-0.3, -0.25) is 0 Å². The van der Waals surface area contributed by atoms with Crippen LogP contribution >= 0.6 is 11.6 Å². The summed E-state index contributed by atoms with van der Waals surface area (Å²) in [7, 11) is 3.99. The molecule has 1 fully saturated rings. The van der Waals surface area contributed by atoms with E-state index in [2.05, 4.69) is 10.6 Å². The third-order valence-electron chi connectivity index (χ3n) is 6.04. The van der Waals surface area contributed by atoms with Crippen molar-refractivity contribution >= 4 is 40.4 Å². The van der Waals surface area contributed by atoms with E-state index in [-0.39, 0.29) is 6.61 Å². The molecule has 0 saturated heterocycles. The fourth-order valence-corrected chi connectivity index (χ4v) is 4.39. The van der Waals surface area contributed by atoms with Crippen molar-refractivity contribution in [2.45, 2.75) is 38.3 Å². The number of carbonyl (C=O) groups is 1. The summed E-state index contributed by atoms with van der Waals surface area (Å²) < 4.78 is 5.30. The summed E-state index contributed by atoms with van der Waals surface area (Å²) in [6.07, 6.45) is 3.66. The summed E-state index contributed by atoms with van der Waals surface area (Å²) in [5.74, 6) is 2.02. The number of alkyl carbamates (subject to hydrolysis) is 1. The first-order valence-corrected chi connectivity index (χ1v) is 11.7. The van der Waals surface area contributed by atoms with Gasteiger partial charge in [0.05, 0.1) is 5.52 Å². The third kappa shape index (κ3) is 6.05. The number of hydrogen-bond acceptors (Lipinski definition) is 6. The molecular formula is C25H30ClN5O2.